The van der Waals surface area contributed by atoms with Gasteiger partial charge in [-0.2, -0.15) is 0 Å². The number of rotatable bonds is 53. The Labute approximate surface area is 486 Å². The zero-order valence-electron chi connectivity index (χ0n) is 49.0. The molecule has 0 aliphatic carbocycles. The van der Waals surface area contributed by atoms with E-state index in [0.29, 0.717) is 155 Å². The van der Waals surface area contributed by atoms with E-state index in [-0.39, 0.29) is 77.5 Å². The van der Waals surface area contributed by atoms with Crippen LogP contribution in [0.25, 0.3) is 0 Å². The lowest BCUT2D eigenvalue weighted by atomic mass is 10.0. The molecule has 0 heterocycles. The minimum Gasteiger partial charge on any atom is -0.480 e. The van der Waals surface area contributed by atoms with Gasteiger partial charge in [-0.25, -0.2) is 4.79 Å². The molecule has 29 N–H and O–H groups in total. The molecule has 8 amide bonds. The molecule has 0 spiro atoms. The molecule has 0 fully saturated rings. The molecule has 9 atom stereocenters. The van der Waals surface area contributed by atoms with Crippen molar-refractivity contribution >= 4 is 53.2 Å². The van der Waals surface area contributed by atoms with Gasteiger partial charge in [0.2, 0.25) is 47.3 Å². The van der Waals surface area contributed by atoms with E-state index in [2.05, 4.69) is 42.5 Å². The summed E-state index contributed by atoms with van der Waals surface area (Å²) in [4.78, 5) is 125. The van der Waals surface area contributed by atoms with Crippen molar-refractivity contribution in [2.75, 3.05) is 58.9 Å². The topological polar surface area (TPSA) is 530 Å². The maximum absolute atomic E-state index is 14.5. The first-order valence-corrected chi connectivity index (χ1v) is 30.2. The predicted octanol–water partition coefficient (Wildman–Crippen LogP) is -3.56. The van der Waals surface area contributed by atoms with Crippen LogP contribution in [0.3, 0.4) is 0 Å². The summed E-state index contributed by atoms with van der Waals surface area (Å²) in [5, 5.41) is 31.8. The fourth-order valence-electron chi connectivity index (χ4n) is 8.91. The molecule has 0 rings (SSSR count). The number of nitrogens with two attached hydrogens (primary N) is 10. The Balaban J connectivity index is 6.94. The molecule has 476 valence electrons. The number of unbranched alkanes of at least 4 members (excludes halogenated alkanes) is 9. The Hall–Kier alpha value is -5.17. The first-order chi connectivity index (χ1) is 39.4. The monoisotopic (exact) mass is 1170 g/mol. The Morgan fingerprint density at radius 2 is 0.378 bits per heavy atom. The molecule has 0 aliphatic rings. The highest BCUT2D eigenvalue weighted by Gasteiger charge is 2.35. The largest absolute Gasteiger partial charge is 0.480 e. The second kappa shape index (κ2) is 49.3. The number of hydrogen-bond acceptors (Lipinski definition) is 19. The molecule has 0 saturated heterocycles. The lowest BCUT2D eigenvalue weighted by Gasteiger charge is -2.28. The first kappa shape index (κ1) is 76.8. The molecular weight excluding hydrogens is 1060 g/mol. The highest BCUT2D eigenvalue weighted by Crippen LogP contribution is 2.13. The van der Waals surface area contributed by atoms with Crippen LogP contribution < -0.4 is 99.9 Å². The van der Waals surface area contributed by atoms with E-state index in [4.69, 9.17) is 57.3 Å². The van der Waals surface area contributed by atoms with Gasteiger partial charge >= 0.3 is 5.97 Å². The molecule has 0 aromatic carbocycles. The highest BCUT2D eigenvalue weighted by atomic mass is 16.4. The number of nitrogens with one attached hydrogen (secondary N) is 8. The average Bonchev–Trinajstić information content (AvgIpc) is 3.47. The Bertz CT molecular complexity index is 1810. The van der Waals surface area contributed by atoms with Crippen molar-refractivity contribution in [1.29, 1.82) is 0 Å². The Morgan fingerprint density at radius 3 is 0.549 bits per heavy atom. The second-order valence-corrected chi connectivity index (χ2v) is 21.0. The number of carboxylic acid groups (broad SMARTS) is 1. The van der Waals surface area contributed by atoms with Crippen LogP contribution in [0.5, 0.6) is 0 Å². The van der Waals surface area contributed by atoms with Gasteiger partial charge in [-0.1, -0.05) is 6.42 Å². The second-order valence-electron chi connectivity index (χ2n) is 21.0. The molecule has 28 nitrogen and oxygen atoms in total. The van der Waals surface area contributed by atoms with E-state index in [1.165, 1.54) is 0 Å². The summed E-state index contributed by atoms with van der Waals surface area (Å²) in [5.41, 5.74) is 57.9. The molecule has 0 bridgehead atoms. The summed E-state index contributed by atoms with van der Waals surface area (Å²) in [5.74, 6) is -6.75. The van der Waals surface area contributed by atoms with Crippen LogP contribution in [0.2, 0.25) is 0 Å². The third kappa shape index (κ3) is 35.1. The molecule has 9 unspecified atom stereocenters. The highest BCUT2D eigenvalue weighted by molar-refractivity contribution is 5.98. The van der Waals surface area contributed by atoms with Crippen LogP contribution in [0.1, 0.15) is 173 Å². The molecule has 0 aliphatic heterocycles. The van der Waals surface area contributed by atoms with E-state index >= 15 is 0 Å². The number of carboxylic acids is 1. The van der Waals surface area contributed by atoms with E-state index in [9.17, 15) is 48.3 Å². The van der Waals surface area contributed by atoms with E-state index in [0.717, 1.165) is 0 Å². The molecule has 0 aromatic rings. The van der Waals surface area contributed by atoms with Crippen molar-refractivity contribution in [3.05, 3.63) is 0 Å². The molecule has 0 aromatic heterocycles. The minimum absolute atomic E-state index is 0.0778. The van der Waals surface area contributed by atoms with Crippen molar-refractivity contribution in [1.82, 2.24) is 42.5 Å². The van der Waals surface area contributed by atoms with Gasteiger partial charge in [-0.15, -0.1) is 0 Å². The number of amides is 8. The molecule has 28 heteroatoms. The Morgan fingerprint density at radius 1 is 0.232 bits per heavy atom. The van der Waals surface area contributed by atoms with E-state index < -0.39 is 108 Å². The van der Waals surface area contributed by atoms with E-state index in [1.54, 1.807) is 0 Å². The zero-order valence-corrected chi connectivity index (χ0v) is 49.0. The average molecular weight is 1170 g/mol. The third-order valence-electron chi connectivity index (χ3n) is 13.9. The lowest BCUT2D eigenvalue weighted by Crippen LogP contribution is -2.60. The number of carbonyl (C=O) groups is 9. The van der Waals surface area contributed by atoms with Crippen molar-refractivity contribution < 1.29 is 48.3 Å². The van der Waals surface area contributed by atoms with Gasteiger partial charge in [0.1, 0.15) is 48.3 Å². The van der Waals surface area contributed by atoms with Crippen LogP contribution in [0.15, 0.2) is 0 Å². The maximum Gasteiger partial charge on any atom is 0.326 e. The van der Waals surface area contributed by atoms with Crippen LogP contribution in [-0.4, -0.2) is 172 Å². The van der Waals surface area contributed by atoms with Crippen molar-refractivity contribution in [3.63, 3.8) is 0 Å². The number of aliphatic carboxylic acids is 1. The van der Waals surface area contributed by atoms with Gasteiger partial charge in [-0.05, 0) is 226 Å². The number of hydrogen-bond donors (Lipinski definition) is 19. The zero-order chi connectivity index (χ0) is 61.5. The van der Waals surface area contributed by atoms with Gasteiger partial charge in [0.05, 0.1) is 6.04 Å². The van der Waals surface area contributed by atoms with Gasteiger partial charge in [-0.3, -0.25) is 38.4 Å². The van der Waals surface area contributed by atoms with Gasteiger partial charge in [0, 0.05) is 0 Å². The van der Waals surface area contributed by atoms with Crippen molar-refractivity contribution in [2.24, 2.45) is 57.3 Å². The summed E-state index contributed by atoms with van der Waals surface area (Å²) in [6.07, 6.45) is 9.98. The fourth-order valence-corrected chi connectivity index (χ4v) is 8.91. The van der Waals surface area contributed by atoms with Crippen LogP contribution in [-0.2, 0) is 43.2 Å². The maximum atomic E-state index is 14.5. The Kier molecular flexibility index (Phi) is 46.2. The summed E-state index contributed by atoms with van der Waals surface area (Å²) >= 11 is 0. The van der Waals surface area contributed by atoms with Crippen molar-refractivity contribution in [3.8, 4) is 0 Å². The van der Waals surface area contributed by atoms with Crippen LogP contribution in [0, 0.1) is 0 Å². The third-order valence-corrected chi connectivity index (χ3v) is 13.9. The van der Waals surface area contributed by atoms with Crippen molar-refractivity contribution in [2.45, 2.75) is 228 Å². The SMILES string of the molecule is NCCCCC(N)C(=O)NC(CCCCN)C(=O)NC(CCCCN)C(=O)NC(CCCCN)C(=O)NC(CCCCN)C(=O)NC(CCCCN)C(=O)NC(CCCCN)C(=O)NC(CCCCN)C(=O)NC(CCCCN)C(=O)O. The fraction of sp³-hybridized carbons (Fsp3) is 0.833. The van der Waals surface area contributed by atoms with E-state index in [1.807, 2.05) is 0 Å². The quantitative estimate of drug-likeness (QED) is 0.0262. The summed E-state index contributed by atoms with van der Waals surface area (Å²) in [6, 6.07) is -10.5. The lowest BCUT2D eigenvalue weighted by molar-refractivity contribution is -0.142. The predicted molar refractivity (Wildman–Crippen MR) is 317 cm³/mol. The standard InChI is InChI=1S/C54H110N18O10/c55-28-10-1-19-37(64)46(73)65-38(20-2-11-29-56)47(74)66-39(21-3-12-30-57)48(75)67-40(22-4-13-31-58)49(76)68-41(23-5-14-32-59)50(77)69-42(24-6-15-33-60)51(78)70-43(25-7-16-34-61)52(79)71-44(26-8-17-35-62)53(80)72-45(54(81)82)27-9-18-36-63/h37-45H,1-36,55-64H2,(H,65,73)(H,66,74)(H,67,75)(H,68,76)(H,69,77)(H,70,78)(H,71,79)(H,72,80)(H,81,82). The summed E-state index contributed by atoms with van der Waals surface area (Å²) < 4.78 is 0. The molecular formula is C54H110N18O10. The summed E-state index contributed by atoms with van der Waals surface area (Å²) in [7, 11) is 0. The van der Waals surface area contributed by atoms with Gasteiger partial charge in [0.15, 0.2) is 0 Å². The van der Waals surface area contributed by atoms with Crippen LogP contribution >= 0.6 is 0 Å². The molecule has 0 radical (unpaired) electrons. The van der Waals surface area contributed by atoms with Gasteiger partial charge in [0.25, 0.3) is 0 Å². The van der Waals surface area contributed by atoms with Gasteiger partial charge < -0.3 is 105 Å². The number of carbonyl (C=O) groups excluding carboxylic acids is 8. The summed E-state index contributed by atoms with van der Waals surface area (Å²) in [6.45, 7) is 2.88. The normalized spacial score (nSPS) is 14.6. The minimum atomic E-state index is -1.25. The molecule has 82 heavy (non-hydrogen) atoms. The molecule has 0 saturated carbocycles. The van der Waals surface area contributed by atoms with Crippen LogP contribution in [0.4, 0.5) is 0 Å². The first-order valence-electron chi connectivity index (χ1n) is 30.2. The smallest absolute Gasteiger partial charge is 0.326 e.